The Hall–Kier alpha value is -4.41. The molecule has 1 aromatic carbocycles. The van der Waals surface area contributed by atoms with Crippen LogP contribution < -0.4 is 19.5 Å². The van der Waals surface area contributed by atoms with Crippen LogP contribution in [0.25, 0.3) is 10.9 Å². The second-order valence-corrected chi connectivity index (χ2v) is 19.9. The van der Waals surface area contributed by atoms with Crippen LogP contribution in [0.15, 0.2) is 30.4 Å². The lowest BCUT2D eigenvalue weighted by molar-refractivity contribution is -0.274. The van der Waals surface area contributed by atoms with Gasteiger partial charge in [0, 0.05) is 29.2 Å². The van der Waals surface area contributed by atoms with E-state index in [1.165, 1.54) is 23.1 Å². The third kappa shape index (κ3) is 7.86. The average Bonchev–Trinajstić information content (AvgIpc) is 4.10. The molecule has 3 saturated carbocycles. The maximum Gasteiger partial charge on any atom is 0.573 e. The minimum atomic E-state index is -4.90. The predicted octanol–water partition coefficient (Wildman–Crippen LogP) is 5.60. The Bertz CT molecular complexity index is 2200. The fraction of sp³-hybridized carbons (Fsp3) is 0.634. The number of alkyl halides is 3. The molecule has 0 bridgehead atoms. The van der Waals surface area contributed by atoms with Gasteiger partial charge in [0.25, 0.3) is 5.91 Å². The number of esters is 1. The Labute approximate surface area is 334 Å². The van der Waals surface area contributed by atoms with E-state index in [2.05, 4.69) is 19.8 Å². The van der Waals surface area contributed by atoms with E-state index >= 15 is 0 Å². The van der Waals surface area contributed by atoms with Crippen LogP contribution >= 0.6 is 0 Å². The van der Waals surface area contributed by atoms with Gasteiger partial charge >= 0.3 is 12.3 Å². The molecule has 6 aliphatic rings. The Morgan fingerprint density at radius 1 is 1.07 bits per heavy atom. The van der Waals surface area contributed by atoms with Crippen molar-refractivity contribution in [3.05, 3.63) is 41.6 Å². The van der Waals surface area contributed by atoms with Crippen LogP contribution in [-0.4, -0.2) is 82.4 Å². The van der Waals surface area contributed by atoms with Crippen LogP contribution in [-0.2, 0) is 40.4 Å². The highest BCUT2D eigenvalue weighted by molar-refractivity contribution is 7.91. The Morgan fingerprint density at radius 2 is 1.83 bits per heavy atom. The SMILES string of the molecule is Cc1nc2ccc(OC(F)(F)F)cc2c2c1O[C@]1(CC2)C[C@H]2C(=O)N[C@]3(C(=O)NS(=O)(=O)C4(C)CC4)C[C@H]3/C=C\CCCCC[C@H](CC(=O)OC3(C)CC3)C(=O)N2C1. The van der Waals surface area contributed by atoms with E-state index in [1.54, 1.807) is 13.8 Å². The number of allylic oxidation sites excluding steroid dienone is 1. The van der Waals surface area contributed by atoms with E-state index in [0.717, 1.165) is 25.7 Å². The molecule has 1 spiro atoms. The summed E-state index contributed by atoms with van der Waals surface area (Å²) in [5, 5.41) is 3.31. The summed E-state index contributed by atoms with van der Waals surface area (Å²) in [5.41, 5.74) is -1.74. The summed E-state index contributed by atoms with van der Waals surface area (Å²) < 4.78 is 83.7. The van der Waals surface area contributed by atoms with E-state index in [9.17, 15) is 40.8 Å². The van der Waals surface area contributed by atoms with Gasteiger partial charge in [-0.05, 0) is 103 Å². The zero-order valence-electron chi connectivity index (χ0n) is 32.8. The van der Waals surface area contributed by atoms with Crippen LogP contribution in [0, 0.1) is 18.8 Å². The average molecular weight is 831 g/mol. The van der Waals surface area contributed by atoms with Gasteiger partial charge in [-0.15, -0.1) is 13.2 Å². The lowest BCUT2D eigenvalue weighted by Crippen LogP contribution is -2.57. The molecule has 3 aliphatic carbocycles. The molecule has 0 radical (unpaired) electrons. The molecular weight excluding hydrogens is 782 g/mol. The van der Waals surface area contributed by atoms with Crippen molar-refractivity contribution in [2.24, 2.45) is 11.8 Å². The number of rotatable bonds is 7. The van der Waals surface area contributed by atoms with Crippen molar-refractivity contribution in [1.29, 1.82) is 0 Å². The number of sulfonamides is 1. The number of benzene rings is 1. The van der Waals surface area contributed by atoms with Crippen molar-refractivity contribution in [3.8, 4) is 11.5 Å². The predicted molar refractivity (Wildman–Crippen MR) is 203 cm³/mol. The van der Waals surface area contributed by atoms with Crippen LogP contribution in [0.2, 0.25) is 0 Å². The molecule has 4 fully saturated rings. The minimum absolute atomic E-state index is 0.0114. The largest absolute Gasteiger partial charge is 0.573 e. The molecule has 2 N–H and O–H groups in total. The maximum atomic E-state index is 14.8. The van der Waals surface area contributed by atoms with E-state index in [1.807, 2.05) is 19.1 Å². The number of carbonyl (C=O) groups excluding carboxylic acids is 4. The molecule has 3 amide bonds. The molecule has 0 unspecified atom stereocenters. The Morgan fingerprint density at radius 3 is 2.53 bits per heavy atom. The number of amides is 3. The summed E-state index contributed by atoms with van der Waals surface area (Å²) >= 11 is 0. The van der Waals surface area contributed by atoms with Gasteiger partial charge in [-0.3, -0.25) is 23.9 Å². The third-order valence-corrected chi connectivity index (χ3v) is 15.2. The molecular formula is C41H49F3N4O9S. The Kier molecular flexibility index (Phi) is 9.82. The first-order chi connectivity index (χ1) is 27.2. The second kappa shape index (κ2) is 14.1. The molecule has 2 aromatic rings. The van der Waals surface area contributed by atoms with Gasteiger partial charge in [0.05, 0.1) is 28.9 Å². The third-order valence-electron chi connectivity index (χ3n) is 13.0. The van der Waals surface area contributed by atoms with Crippen molar-refractivity contribution in [2.45, 2.75) is 145 Å². The smallest absolute Gasteiger partial charge is 0.483 e. The van der Waals surface area contributed by atoms with Gasteiger partial charge in [-0.1, -0.05) is 25.0 Å². The number of fused-ring (bicyclic) bond motifs is 5. The van der Waals surface area contributed by atoms with Gasteiger partial charge < -0.3 is 24.4 Å². The summed E-state index contributed by atoms with van der Waals surface area (Å²) in [5.74, 6) is -3.81. The summed E-state index contributed by atoms with van der Waals surface area (Å²) in [6.07, 6.45) is 4.93. The molecule has 5 atom stereocenters. The summed E-state index contributed by atoms with van der Waals surface area (Å²) in [6, 6.07) is 2.73. The fourth-order valence-corrected chi connectivity index (χ4v) is 10.1. The van der Waals surface area contributed by atoms with Crippen molar-refractivity contribution in [3.63, 3.8) is 0 Å². The first-order valence-corrected chi connectivity index (χ1v) is 21.7. The summed E-state index contributed by atoms with van der Waals surface area (Å²) in [7, 11) is -4.04. The molecule has 1 aromatic heterocycles. The van der Waals surface area contributed by atoms with Crippen LogP contribution in [0.5, 0.6) is 11.5 Å². The normalized spacial score (nSPS) is 30.7. The number of halogens is 3. The molecule has 1 saturated heterocycles. The minimum Gasteiger partial charge on any atom is -0.483 e. The lowest BCUT2D eigenvalue weighted by Gasteiger charge is -2.36. The van der Waals surface area contributed by atoms with Gasteiger partial charge in [-0.25, -0.2) is 13.4 Å². The van der Waals surface area contributed by atoms with E-state index in [-0.39, 0.29) is 32.2 Å². The highest BCUT2D eigenvalue weighted by atomic mass is 32.2. The van der Waals surface area contributed by atoms with Crippen molar-refractivity contribution < 1.29 is 55.0 Å². The standard InChI is InChI=1S/C41H49F3N4O9S/c1-24-33-28(29-20-27(55-41(42,43)44)11-12-30(29)45-24)13-14-39(57-33)22-31-34(50)46-40(36(52)47-58(53,54)38(3)17-18-38)21-26(40)10-8-6-4-5-7-9-25(35(51)48(31)23-39)19-32(49)56-37(2)15-16-37/h8,10-12,20,25-26,31H,4-7,9,13-19,21-23H2,1-3H3,(H,46,50)(H,47,52)/b10-8-/t25-,26-,31+,39-,40-/m1/s1. The summed E-state index contributed by atoms with van der Waals surface area (Å²) in [4.78, 5) is 62.7. The van der Waals surface area contributed by atoms with Crippen LogP contribution in [0.3, 0.4) is 0 Å². The number of aromatic nitrogens is 1. The number of carbonyl (C=O) groups is 4. The topological polar surface area (TPSA) is 170 Å². The van der Waals surface area contributed by atoms with Crippen LogP contribution in [0.4, 0.5) is 13.2 Å². The molecule has 17 heteroatoms. The first kappa shape index (κ1) is 40.4. The fourth-order valence-electron chi connectivity index (χ4n) is 8.80. The van der Waals surface area contributed by atoms with Crippen molar-refractivity contribution in [2.75, 3.05) is 6.54 Å². The van der Waals surface area contributed by atoms with Gasteiger partial charge in [0.15, 0.2) is 0 Å². The number of hydrogen-bond acceptors (Lipinski definition) is 10. The molecule has 314 valence electrons. The number of ether oxygens (including phenoxy) is 3. The molecule has 3 aliphatic heterocycles. The van der Waals surface area contributed by atoms with Crippen LogP contribution in [0.1, 0.15) is 109 Å². The maximum absolute atomic E-state index is 14.8. The Balaban J connectivity index is 1.13. The lowest BCUT2D eigenvalue weighted by atomic mass is 9.87. The van der Waals surface area contributed by atoms with E-state index < -0.39 is 85.2 Å². The number of nitrogens with one attached hydrogen (secondary N) is 2. The highest BCUT2D eigenvalue weighted by Gasteiger charge is 2.64. The van der Waals surface area contributed by atoms with Crippen molar-refractivity contribution in [1.82, 2.24) is 19.9 Å². The zero-order valence-corrected chi connectivity index (χ0v) is 33.7. The number of pyridine rings is 1. The quantitative estimate of drug-likeness (QED) is 0.265. The molecule has 58 heavy (non-hydrogen) atoms. The van der Waals surface area contributed by atoms with E-state index in [0.29, 0.717) is 66.4 Å². The highest BCUT2D eigenvalue weighted by Crippen LogP contribution is 2.49. The first-order valence-electron chi connectivity index (χ1n) is 20.2. The number of nitrogens with zero attached hydrogens (tertiary/aromatic N) is 2. The zero-order chi connectivity index (χ0) is 41.5. The van der Waals surface area contributed by atoms with Gasteiger partial charge in [0.2, 0.25) is 21.8 Å². The molecule has 4 heterocycles. The number of aryl methyl sites for hydroxylation is 2. The molecule has 8 rings (SSSR count). The van der Waals surface area contributed by atoms with Gasteiger partial charge in [-0.2, -0.15) is 0 Å². The van der Waals surface area contributed by atoms with E-state index in [4.69, 9.17) is 9.47 Å². The second-order valence-electron chi connectivity index (χ2n) is 17.7. The number of hydrogen-bond donors (Lipinski definition) is 2. The monoisotopic (exact) mass is 830 g/mol. The van der Waals surface area contributed by atoms with Gasteiger partial charge in [0.1, 0.15) is 34.3 Å². The summed E-state index contributed by atoms with van der Waals surface area (Å²) in [6.45, 7) is 5.06. The molecule has 13 nitrogen and oxygen atoms in total. The van der Waals surface area contributed by atoms with Crippen molar-refractivity contribution >= 4 is 44.6 Å².